The Morgan fingerprint density at radius 1 is 1.40 bits per heavy atom. The molecule has 15 heavy (non-hydrogen) atoms. The SMILES string of the molecule is NCC1CC(=O)N(C2CCCCC2O)C1. The Balaban J connectivity index is 2.00. The van der Waals surface area contributed by atoms with Gasteiger partial charge in [-0.25, -0.2) is 0 Å². The van der Waals surface area contributed by atoms with Gasteiger partial charge in [-0.15, -0.1) is 0 Å². The van der Waals surface area contributed by atoms with Gasteiger partial charge in [0.1, 0.15) is 0 Å². The lowest BCUT2D eigenvalue weighted by atomic mass is 9.91. The molecule has 4 heteroatoms. The minimum absolute atomic E-state index is 0.0581. The molecule has 3 atom stereocenters. The molecule has 3 unspecified atom stereocenters. The van der Waals surface area contributed by atoms with Crippen LogP contribution in [0.2, 0.25) is 0 Å². The smallest absolute Gasteiger partial charge is 0.223 e. The van der Waals surface area contributed by atoms with Crippen LogP contribution in [0.5, 0.6) is 0 Å². The molecular weight excluding hydrogens is 192 g/mol. The molecule has 4 nitrogen and oxygen atoms in total. The normalized spacial score (nSPS) is 37.3. The van der Waals surface area contributed by atoms with E-state index >= 15 is 0 Å². The van der Waals surface area contributed by atoms with Crippen LogP contribution < -0.4 is 5.73 Å². The van der Waals surface area contributed by atoms with E-state index in [2.05, 4.69) is 0 Å². The highest BCUT2D eigenvalue weighted by Crippen LogP contribution is 2.28. The van der Waals surface area contributed by atoms with Gasteiger partial charge in [-0.05, 0) is 25.3 Å². The van der Waals surface area contributed by atoms with Crippen LogP contribution in [0.15, 0.2) is 0 Å². The van der Waals surface area contributed by atoms with E-state index in [9.17, 15) is 9.90 Å². The first-order valence-electron chi connectivity index (χ1n) is 5.90. The zero-order valence-electron chi connectivity index (χ0n) is 9.06. The van der Waals surface area contributed by atoms with Crippen LogP contribution in [0.3, 0.4) is 0 Å². The molecule has 0 radical (unpaired) electrons. The van der Waals surface area contributed by atoms with E-state index in [0.29, 0.717) is 18.9 Å². The Morgan fingerprint density at radius 2 is 2.13 bits per heavy atom. The van der Waals surface area contributed by atoms with Crippen molar-refractivity contribution in [1.82, 2.24) is 4.90 Å². The van der Waals surface area contributed by atoms with Gasteiger partial charge in [0.05, 0.1) is 12.1 Å². The van der Waals surface area contributed by atoms with Crippen molar-refractivity contribution in [1.29, 1.82) is 0 Å². The van der Waals surface area contributed by atoms with E-state index in [0.717, 1.165) is 32.2 Å². The van der Waals surface area contributed by atoms with E-state index in [-0.39, 0.29) is 18.1 Å². The first-order chi connectivity index (χ1) is 7.22. The quantitative estimate of drug-likeness (QED) is 0.682. The fourth-order valence-corrected chi connectivity index (χ4v) is 2.74. The number of aliphatic hydroxyl groups excluding tert-OH is 1. The van der Waals surface area contributed by atoms with Gasteiger partial charge in [0.2, 0.25) is 5.91 Å². The molecule has 2 rings (SSSR count). The van der Waals surface area contributed by atoms with Gasteiger partial charge in [0.25, 0.3) is 0 Å². The highest BCUT2D eigenvalue weighted by molar-refractivity contribution is 5.79. The predicted molar refractivity (Wildman–Crippen MR) is 57.1 cm³/mol. The first-order valence-corrected chi connectivity index (χ1v) is 5.90. The number of rotatable bonds is 2. The highest BCUT2D eigenvalue weighted by Gasteiger charge is 2.37. The number of aliphatic hydroxyl groups is 1. The zero-order chi connectivity index (χ0) is 10.8. The van der Waals surface area contributed by atoms with E-state index in [1.807, 2.05) is 4.90 Å². The van der Waals surface area contributed by atoms with Crippen molar-refractivity contribution in [3.05, 3.63) is 0 Å². The molecule has 1 aliphatic carbocycles. The maximum Gasteiger partial charge on any atom is 0.223 e. The molecule has 1 saturated carbocycles. The molecule has 1 heterocycles. The summed E-state index contributed by atoms with van der Waals surface area (Å²) in [6, 6.07) is 0.0581. The van der Waals surface area contributed by atoms with Crippen molar-refractivity contribution in [3.8, 4) is 0 Å². The van der Waals surface area contributed by atoms with Crippen LogP contribution in [0, 0.1) is 5.92 Å². The van der Waals surface area contributed by atoms with Gasteiger partial charge in [0, 0.05) is 13.0 Å². The van der Waals surface area contributed by atoms with Crippen LogP contribution in [0.1, 0.15) is 32.1 Å². The second-order valence-corrected chi connectivity index (χ2v) is 4.77. The van der Waals surface area contributed by atoms with Crippen LogP contribution in [-0.2, 0) is 4.79 Å². The van der Waals surface area contributed by atoms with Gasteiger partial charge in [-0.3, -0.25) is 4.79 Å². The Morgan fingerprint density at radius 3 is 2.73 bits per heavy atom. The van der Waals surface area contributed by atoms with E-state index in [1.54, 1.807) is 0 Å². The van der Waals surface area contributed by atoms with Crippen LogP contribution in [0.25, 0.3) is 0 Å². The summed E-state index contributed by atoms with van der Waals surface area (Å²) in [4.78, 5) is 13.6. The maximum atomic E-state index is 11.7. The minimum Gasteiger partial charge on any atom is -0.391 e. The lowest BCUT2D eigenvalue weighted by Crippen LogP contribution is -2.46. The number of nitrogens with zero attached hydrogens (tertiary/aromatic N) is 1. The lowest BCUT2D eigenvalue weighted by Gasteiger charge is -2.35. The monoisotopic (exact) mass is 212 g/mol. The first kappa shape index (κ1) is 10.9. The Hall–Kier alpha value is -0.610. The van der Waals surface area contributed by atoms with Crippen LogP contribution in [0.4, 0.5) is 0 Å². The number of hydrogen-bond donors (Lipinski definition) is 2. The summed E-state index contributed by atoms with van der Waals surface area (Å²) >= 11 is 0. The molecule has 0 spiro atoms. The van der Waals surface area contributed by atoms with E-state index in [1.165, 1.54) is 0 Å². The summed E-state index contributed by atoms with van der Waals surface area (Å²) in [6.45, 7) is 1.32. The van der Waals surface area contributed by atoms with Crippen LogP contribution in [-0.4, -0.2) is 41.1 Å². The largest absolute Gasteiger partial charge is 0.391 e. The number of hydrogen-bond acceptors (Lipinski definition) is 3. The standard InChI is InChI=1S/C11H20N2O2/c12-6-8-5-11(15)13(7-8)9-3-1-2-4-10(9)14/h8-10,14H,1-7,12H2. The predicted octanol–water partition coefficient (Wildman–Crippen LogP) is 0.0971. The highest BCUT2D eigenvalue weighted by atomic mass is 16.3. The summed E-state index contributed by atoms with van der Waals surface area (Å²) in [5.41, 5.74) is 5.58. The third-order valence-electron chi connectivity index (χ3n) is 3.67. The van der Waals surface area contributed by atoms with Crippen molar-refractivity contribution in [3.63, 3.8) is 0 Å². The average molecular weight is 212 g/mol. The van der Waals surface area contributed by atoms with E-state index < -0.39 is 0 Å². The number of carbonyl (C=O) groups excluding carboxylic acids is 1. The van der Waals surface area contributed by atoms with Crippen molar-refractivity contribution >= 4 is 5.91 Å². The fourth-order valence-electron chi connectivity index (χ4n) is 2.74. The minimum atomic E-state index is -0.320. The third-order valence-corrected chi connectivity index (χ3v) is 3.67. The van der Waals surface area contributed by atoms with Gasteiger partial charge in [-0.2, -0.15) is 0 Å². The Kier molecular flexibility index (Phi) is 3.26. The van der Waals surface area contributed by atoms with Crippen molar-refractivity contribution in [2.24, 2.45) is 11.7 Å². The number of amides is 1. The van der Waals surface area contributed by atoms with Crippen LogP contribution >= 0.6 is 0 Å². The molecular formula is C11H20N2O2. The van der Waals surface area contributed by atoms with Crippen molar-refractivity contribution in [2.75, 3.05) is 13.1 Å². The van der Waals surface area contributed by atoms with E-state index in [4.69, 9.17) is 5.73 Å². The number of likely N-dealkylation sites (tertiary alicyclic amines) is 1. The molecule has 0 aromatic heterocycles. The fraction of sp³-hybridized carbons (Fsp3) is 0.909. The number of nitrogens with two attached hydrogens (primary N) is 1. The topological polar surface area (TPSA) is 66.6 Å². The zero-order valence-corrected chi connectivity index (χ0v) is 9.06. The molecule has 0 aromatic carbocycles. The lowest BCUT2D eigenvalue weighted by molar-refractivity contribution is -0.133. The Bertz CT molecular complexity index is 245. The van der Waals surface area contributed by atoms with Gasteiger partial charge in [-0.1, -0.05) is 12.8 Å². The summed E-state index contributed by atoms with van der Waals surface area (Å²) < 4.78 is 0. The molecule has 1 amide bonds. The second-order valence-electron chi connectivity index (χ2n) is 4.77. The average Bonchev–Trinajstić information content (AvgIpc) is 2.60. The van der Waals surface area contributed by atoms with Crippen molar-refractivity contribution in [2.45, 2.75) is 44.2 Å². The number of carbonyl (C=O) groups is 1. The Labute approximate surface area is 90.4 Å². The summed E-state index contributed by atoms with van der Waals surface area (Å²) in [6.07, 6.45) is 4.24. The summed E-state index contributed by atoms with van der Waals surface area (Å²) in [5, 5.41) is 9.88. The molecule has 3 N–H and O–H groups in total. The summed E-state index contributed by atoms with van der Waals surface area (Å²) in [5.74, 6) is 0.475. The van der Waals surface area contributed by atoms with Crippen molar-refractivity contribution < 1.29 is 9.90 Å². The second kappa shape index (κ2) is 4.49. The molecule has 1 aliphatic heterocycles. The molecule has 2 aliphatic rings. The molecule has 86 valence electrons. The molecule has 1 saturated heterocycles. The summed E-state index contributed by atoms with van der Waals surface area (Å²) in [7, 11) is 0. The van der Waals surface area contributed by atoms with Gasteiger partial charge >= 0.3 is 0 Å². The maximum absolute atomic E-state index is 11.7. The molecule has 0 bridgehead atoms. The van der Waals surface area contributed by atoms with Gasteiger partial charge in [0.15, 0.2) is 0 Å². The third kappa shape index (κ3) is 2.16. The molecule has 0 aromatic rings. The van der Waals surface area contributed by atoms with Gasteiger partial charge < -0.3 is 15.7 Å². The molecule has 2 fully saturated rings.